The maximum Gasteiger partial charge on any atom is 0.257 e. The van der Waals surface area contributed by atoms with Gasteiger partial charge in [0.15, 0.2) is 6.10 Å². The number of hydrogen-bond acceptors (Lipinski definition) is 3. The van der Waals surface area contributed by atoms with E-state index in [-0.39, 0.29) is 5.91 Å². The van der Waals surface area contributed by atoms with Crippen LogP contribution in [0.2, 0.25) is 0 Å². The van der Waals surface area contributed by atoms with Crippen LogP contribution in [0.4, 0.5) is 11.4 Å². The quantitative estimate of drug-likeness (QED) is 0.806. The van der Waals surface area contributed by atoms with Crippen molar-refractivity contribution < 1.29 is 14.7 Å². The Balaban J connectivity index is 2.07. The highest BCUT2D eigenvalue weighted by atomic mass is 16.3. The first kappa shape index (κ1) is 14.7. The van der Waals surface area contributed by atoms with Crippen LogP contribution < -0.4 is 10.6 Å². The lowest BCUT2D eigenvalue weighted by atomic mass is 10.1. The van der Waals surface area contributed by atoms with E-state index in [4.69, 9.17) is 0 Å². The Kier molecular flexibility index (Phi) is 4.68. The molecule has 0 radical (unpaired) electrons. The van der Waals surface area contributed by atoms with Crippen LogP contribution in [-0.4, -0.2) is 16.9 Å². The first-order chi connectivity index (χ1) is 10.1. The lowest BCUT2D eigenvalue weighted by Gasteiger charge is -2.12. The molecule has 1 unspecified atom stereocenters. The normalized spacial score (nSPS) is 11.5. The summed E-state index contributed by atoms with van der Waals surface area (Å²) in [5.74, 6) is -0.719. The molecule has 0 heterocycles. The van der Waals surface area contributed by atoms with Crippen LogP contribution in [0.5, 0.6) is 0 Å². The number of carbonyl (C=O) groups excluding carboxylic acids is 2. The minimum Gasteiger partial charge on any atom is -0.378 e. The van der Waals surface area contributed by atoms with Gasteiger partial charge in [0, 0.05) is 18.3 Å². The second-order valence-electron chi connectivity index (χ2n) is 4.56. The Morgan fingerprint density at radius 3 is 2.19 bits per heavy atom. The van der Waals surface area contributed by atoms with Crippen molar-refractivity contribution >= 4 is 23.2 Å². The van der Waals surface area contributed by atoms with E-state index < -0.39 is 12.0 Å². The number of aliphatic hydroxyl groups excluding tert-OH is 1. The van der Waals surface area contributed by atoms with Crippen LogP contribution in [0.15, 0.2) is 54.6 Å². The van der Waals surface area contributed by atoms with Crippen molar-refractivity contribution in [2.24, 2.45) is 0 Å². The minimum absolute atomic E-state index is 0.192. The Hall–Kier alpha value is -2.66. The molecule has 0 aromatic heterocycles. The molecule has 0 aliphatic rings. The maximum atomic E-state index is 12.0. The van der Waals surface area contributed by atoms with E-state index in [2.05, 4.69) is 10.6 Å². The zero-order chi connectivity index (χ0) is 15.2. The molecule has 5 nitrogen and oxygen atoms in total. The van der Waals surface area contributed by atoms with Crippen LogP contribution in [0.25, 0.3) is 0 Å². The largest absolute Gasteiger partial charge is 0.378 e. The summed E-state index contributed by atoms with van der Waals surface area (Å²) in [7, 11) is 0. The molecule has 21 heavy (non-hydrogen) atoms. The van der Waals surface area contributed by atoms with E-state index in [1.54, 1.807) is 48.5 Å². The molecule has 108 valence electrons. The molecule has 0 fully saturated rings. The second kappa shape index (κ2) is 6.67. The second-order valence-corrected chi connectivity index (χ2v) is 4.56. The summed E-state index contributed by atoms with van der Waals surface area (Å²) in [4.78, 5) is 23.0. The summed E-state index contributed by atoms with van der Waals surface area (Å²) in [5, 5.41) is 15.2. The average molecular weight is 284 g/mol. The first-order valence-corrected chi connectivity index (χ1v) is 6.48. The molecule has 0 spiro atoms. The predicted octanol–water partition coefficient (Wildman–Crippen LogP) is 2.32. The summed E-state index contributed by atoms with van der Waals surface area (Å²) in [6.07, 6.45) is -1.24. The summed E-state index contributed by atoms with van der Waals surface area (Å²) >= 11 is 0. The standard InChI is InChI=1S/C16H16N2O3/c1-11(19)17-13-8-5-9-14(10-13)18-16(21)15(20)12-6-3-2-4-7-12/h2-10,15,20H,1H3,(H,17,19)(H,18,21). The third-order valence-corrected chi connectivity index (χ3v) is 2.81. The van der Waals surface area contributed by atoms with Crippen molar-refractivity contribution in [2.75, 3.05) is 10.6 Å². The number of benzene rings is 2. The number of nitrogens with one attached hydrogen (secondary N) is 2. The number of rotatable bonds is 4. The topological polar surface area (TPSA) is 78.4 Å². The number of aliphatic hydroxyl groups is 1. The zero-order valence-corrected chi connectivity index (χ0v) is 11.5. The number of anilines is 2. The van der Waals surface area contributed by atoms with Gasteiger partial charge in [-0.3, -0.25) is 9.59 Å². The van der Waals surface area contributed by atoms with E-state index in [9.17, 15) is 14.7 Å². The van der Waals surface area contributed by atoms with Crippen LogP contribution >= 0.6 is 0 Å². The van der Waals surface area contributed by atoms with E-state index >= 15 is 0 Å². The Bertz CT molecular complexity index is 641. The van der Waals surface area contributed by atoms with Gasteiger partial charge in [-0.25, -0.2) is 0 Å². The summed E-state index contributed by atoms with van der Waals surface area (Å²) in [6.45, 7) is 1.41. The third-order valence-electron chi connectivity index (χ3n) is 2.81. The lowest BCUT2D eigenvalue weighted by Crippen LogP contribution is -2.20. The number of carbonyl (C=O) groups is 2. The molecule has 0 saturated carbocycles. The van der Waals surface area contributed by atoms with Crippen molar-refractivity contribution in [3.8, 4) is 0 Å². The fourth-order valence-corrected chi connectivity index (χ4v) is 1.88. The molecule has 0 aliphatic heterocycles. The molecule has 3 N–H and O–H groups in total. The smallest absolute Gasteiger partial charge is 0.257 e. The lowest BCUT2D eigenvalue weighted by molar-refractivity contribution is -0.124. The Morgan fingerprint density at radius 2 is 1.57 bits per heavy atom. The Morgan fingerprint density at radius 1 is 0.952 bits per heavy atom. The average Bonchev–Trinajstić information content (AvgIpc) is 2.47. The van der Waals surface area contributed by atoms with Crippen molar-refractivity contribution in [3.05, 3.63) is 60.2 Å². The van der Waals surface area contributed by atoms with Crippen molar-refractivity contribution in [1.82, 2.24) is 0 Å². The van der Waals surface area contributed by atoms with Crippen molar-refractivity contribution in [3.63, 3.8) is 0 Å². The summed E-state index contributed by atoms with van der Waals surface area (Å²) in [6, 6.07) is 15.4. The zero-order valence-electron chi connectivity index (χ0n) is 11.5. The highest BCUT2D eigenvalue weighted by Crippen LogP contribution is 2.18. The highest BCUT2D eigenvalue weighted by Gasteiger charge is 2.17. The van der Waals surface area contributed by atoms with Crippen molar-refractivity contribution in [2.45, 2.75) is 13.0 Å². The van der Waals surface area contributed by atoms with Crippen LogP contribution in [0.3, 0.4) is 0 Å². The number of amides is 2. The molecular formula is C16H16N2O3. The van der Waals surface area contributed by atoms with Gasteiger partial charge in [-0.15, -0.1) is 0 Å². The molecule has 1 atom stereocenters. The van der Waals surface area contributed by atoms with Crippen LogP contribution in [0, 0.1) is 0 Å². The van der Waals surface area contributed by atoms with E-state index in [1.165, 1.54) is 6.92 Å². The summed E-state index contributed by atoms with van der Waals surface area (Å²) < 4.78 is 0. The first-order valence-electron chi connectivity index (χ1n) is 6.48. The number of hydrogen-bond donors (Lipinski definition) is 3. The fourth-order valence-electron chi connectivity index (χ4n) is 1.88. The van der Waals surface area contributed by atoms with Gasteiger partial charge in [0.25, 0.3) is 5.91 Å². The van der Waals surface area contributed by atoms with E-state index in [0.29, 0.717) is 16.9 Å². The van der Waals surface area contributed by atoms with Gasteiger partial charge >= 0.3 is 0 Å². The minimum atomic E-state index is -1.24. The van der Waals surface area contributed by atoms with Gasteiger partial charge in [0.1, 0.15) is 0 Å². The summed E-state index contributed by atoms with van der Waals surface area (Å²) in [5.41, 5.74) is 1.60. The van der Waals surface area contributed by atoms with E-state index in [0.717, 1.165) is 0 Å². The van der Waals surface area contributed by atoms with Crippen molar-refractivity contribution in [1.29, 1.82) is 0 Å². The molecule has 0 bridgehead atoms. The van der Waals surface area contributed by atoms with Gasteiger partial charge in [0.05, 0.1) is 0 Å². The molecule has 2 amide bonds. The van der Waals surface area contributed by atoms with Gasteiger partial charge in [-0.05, 0) is 23.8 Å². The van der Waals surface area contributed by atoms with Gasteiger partial charge in [-0.2, -0.15) is 0 Å². The molecule has 2 aromatic rings. The van der Waals surface area contributed by atoms with Crippen LogP contribution in [0.1, 0.15) is 18.6 Å². The van der Waals surface area contributed by atoms with Gasteiger partial charge in [0.2, 0.25) is 5.91 Å². The molecule has 5 heteroatoms. The molecule has 2 rings (SSSR count). The molecule has 0 aliphatic carbocycles. The molecule has 2 aromatic carbocycles. The third kappa shape index (κ3) is 4.15. The molecular weight excluding hydrogens is 268 g/mol. The monoisotopic (exact) mass is 284 g/mol. The Labute approximate surface area is 122 Å². The van der Waals surface area contributed by atoms with Gasteiger partial charge < -0.3 is 15.7 Å². The van der Waals surface area contributed by atoms with E-state index in [1.807, 2.05) is 6.07 Å². The SMILES string of the molecule is CC(=O)Nc1cccc(NC(=O)C(O)c2ccccc2)c1. The van der Waals surface area contributed by atoms with Crippen LogP contribution in [-0.2, 0) is 9.59 Å². The maximum absolute atomic E-state index is 12.0. The molecule has 0 saturated heterocycles. The van der Waals surface area contributed by atoms with Gasteiger partial charge in [-0.1, -0.05) is 36.4 Å². The fraction of sp³-hybridized carbons (Fsp3) is 0.125. The highest BCUT2D eigenvalue weighted by molar-refractivity contribution is 5.96. The predicted molar refractivity (Wildman–Crippen MR) is 80.8 cm³/mol.